The number of rotatable bonds is 5. The lowest BCUT2D eigenvalue weighted by atomic mass is 9.99. The molecule has 0 radical (unpaired) electrons. The number of hydrogen-bond donors (Lipinski definition) is 2. The van der Waals surface area contributed by atoms with Crippen molar-refractivity contribution in [3.63, 3.8) is 0 Å². The first-order chi connectivity index (χ1) is 8.36. The Morgan fingerprint density at radius 2 is 2.06 bits per heavy atom. The summed E-state index contributed by atoms with van der Waals surface area (Å²) in [6.45, 7) is 7.73. The highest BCUT2D eigenvalue weighted by atomic mass is 16.5. The van der Waals surface area contributed by atoms with E-state index in [2.05, 4.69) is 0 Å². The summed E-state index contributed by atoms with van der Waals surface area (Å²) in [5.74, 6) is -0.0955. The molecule has 0 aromatic heterocycles. The molecule has 0 aliphatic heterocycles. The van der Waals surface area contributed by atoms with Gasteiger partial charge in [0.05, 0.1) is 0 Å². The summed E-state index contributed by atoms with van der Waals surface area (Å²) in [5.41, 5.74) is 8.42. The highest BCUT2D eigenvalue weighted by Crippen LogP contribution is 2.31. The van der Waals surface area contributed by atoms with Crippen LogP contribution in [0.4, 0.5) is 5.69 Å². The Kier molecular flexibility index (Phi) is 4.59. The summed E-state index contributed by atoms with van der Waals surface area (Å²) in [5, 5.41) is 9.04. The van der Waals surface area contributed by atoms with Gasteiger partial charge in [0.1, 0.15) is 5.75 Å². The molecule has 3 N–H and O–H groups in total. The van der Waals surface area contributed by atoms with Gasteiger partial charge < -0.3 is 15.6 Å². The van der Waals surface area contributed by atoms with Crippen molar-refractivity contribution in [1.29, 1.82) is 0 Å². The predicted octanol–water partition coefficient (Wildman–Crippen LogP) is 2.94. The van der Waals surface area contributed by atoms with Gasteiger partial charge in [0, 0.05) is 5.69 Å². The normalized spacial score (nSPS) is 12.5. The molecule has 1 atom stereocenters. The topological polar surface area (TPSA) is 72.5 Å². The molecule has 0 heterocycles. The number of carbonyl (C=O) groups is 1. The summed E-state index contributed by atoms with van der Waals surface area (Å²) in [4.78, 5) is 11.0. The lowest BCUT2D eigenvalue weighted by Gasteiger charge is -2.19. The van der Waals surface area contributed by atoms with Crippen LogP contribution in [-0.2, 0) is 4.79 Å². The standard InChI is InChI=1S/C14H21NO3/c1-5-12(14(16)17)18-13-6-9(4)11(15)7-10(13)8(2)3/h6-8,12H,5,15H2,1-4H3,(H,16,17). The Morgan fingerprint density at radius 3 is 2.50 bits per heavy atom. The van der Waals surface area contributed by atoms with Gasteiger partial charge >= 0.3 is 5.97 Å². The van der Waals surface area contributed by atoms with E-state index < -0.39 is 12.1 Å². The molecule has 1 rings (SSSR count). The molecule has 1 aromatic rings. The Hall–Kier alpha value is -1.71. The molecular formula is C14H21NO3. The minimum Gasteiger partial charge on any atom is -0.479 e. The second-order valence-electron chi connectivity index (χ2n) is 4.75. The number of aryl methyl sites for hydroxylation is 1. The number of aliphatic carboxylic acids is 1. The molecule has 0 fully saturated rings. The van der Waals surface area contributed by atoms with Crippen LogP contribution in [0.2, 0.25) is 0 Å². The van der Waals surface area contributed by atoms with E-state index in [1.54, 1.807) is 6.92 Å². The highest BCUT2D eigenvalue weighted by molar-refractivity contribution is 5.72. The first kappa shape index (κ1) is 14.4. The molecule has 0 aliphatic rings. The van der Waals surface area contributed by atoms with E-state index in [-0.39, 0.29) is 5.92 Å². The molecule has 1 unspecified atom stereocenters. The van der Waals surface area contributed by atoms with Crippen molar-refractivity contribution in [3.8, 4) is 5.75 Å². The third kappa shape index (κ3) is 3.15. The fourth-order valence-electron chi connectivity index (χ4n) is 1.73. The monoisotopic (exact) mass is 251 g/mol. The van der Waals surface area contributed by atoms with Crippen LogP contribution in [0.5, 0.6) is 5.75 Å². The number of anilines is 1. The van der Waals surface area contributed by atoms with Crippen LogP contribution in [-0.4, -0.2) is 17.2 Å². The van der Waals surface area contributed by atoms with E-state index in [1.807, 2.05) is 32.9 Å². The number of ether oxygens (including phenoxy) is 1. The van der Waals surface area contributed by atoms with Crippen molar-refractivity contribution in [2.24, 2.45) is 0 Å². The number of carboxylic acids is 1. The number of nitrogens with two attached hydrogens (primary N) is 1. The zero-order valence-electron chi connectivity index (χ0n) is 11.4. The van der Waals surface area contributed by atoms with Gasteiger partial charge in [-0.3, -0.25) is 0 Å². The maximum Gasteiger partial charge on any atom is 0.344 e. The van der Waals surface area contributed by atoms with Crippen LogP contribution in [0.1, 0.15) is 44.2 Å². The van der Waals surface area contributed by atoms with E-state index in [0.29, 0.717) is 17.9 Å². The minimum atomic E-state index is -0.943. The lowest BCUT2D eigenvalue weighted by molar-refractivity contribution is -0.145. The van der Waals surface area contributed by atoms with Gasteiger partial charge in [0.15, 0.2) is 6.10 Å². The number of carboxylic acid groups (broad SMARTS) is 1. The molecule has 18 heavy (non-hydrogen) atoms. The fraction of sp³-hybridized carbons (Fsp3) is 0.500. The zero-order valence-corrected chi connectivity index (χ0v) is 11.4. The summed E-state index contributed by atoms with van der Waals surface area (Å²) < 4.78 is 5.60. The van der Waals surface area contributed by atoms with Gasteiger partial charge in [-0.25, -0.2) is 4.79 Å². The van der Waals surface area contributed by atoms with Crippen molar-refractivity contribution >= 4 is 11.7 Å². The van der Waals surface area contributed by atoms with Gasteiger partial charge in [0.25, 0.3) is 0 Å². The summed E-state index contributed by atoms with van der Waals surface area (Å²) >= 11 is 0. The van der Waals surface area contributed by atoms with Crippen molar-refractivity contribution in [2.45, 2.75) is 46.1 Å². The van der Waals surface area contributed by atoms with Gasteiger partial charge in [-0.05, 0) is 42.5 Å². The maximum absolute atomic E-state index is 11.0. The van der Waals surface area contributed by atoms with Crippen LogP contribution in [0.3, 0.4) is 0 Å². The molecule has 0 amide bonds. The molecule has 0 saturated heterocycles. The molecule has 4 heteroatoms. The van der Waals surface area contributed by atoms with Crippen LogP contribution < -0.4 is 10.5 Å². The quantitative estimate of drug-likeness (QED) is 0.789. The van der Waals surface area contributed by atoms with Gasteiger partial charge in [0.2, 0.25) is 0 Å². The molecule has 0 spiro atoms. The van der Waals surface area contributed by atoms with E-state index in [4.69, 9.17) is 15.6 Å². The third-order valence-corrected chi connectivity index (χ3v) is 2.94. The molecule has 0 bridgehead atoms. The smallest absolute Gasteiger partial charge is 0.344 e. The van der Waals surface area contributed by atoms with E-state index in [0.717, 1.165) is 11.1 Å². The Labute approximate surface area is 108 Å². The van der Waals surface area contributed by atoms with Crippen LogP contribution in [0.25, 0.3) is 0 Å². The largest absolute Gasteiger partial charge is 0.479 e. The molecule has 100 valence electrons. The first-order valence-corrected chi connectivity index (χ1v) is 6.16. The van der Waals surface area contributed by atoms with Crippen LogP contribution >= 0.6 is 0 Å². The van der Waals surface area contributed by atoms with E-state index in [9.17, 15) is 4.79 Å². The molecule has 1 aromatic carbocycles. The molecule has 0 saturated carbocycles. The van der Waals surface area contributed by atoms with Crippen molar-refractivity contribution < 1.29 is 14.6 Å². The number of benzene rings is 1. The minimum absolute atomic E-state index is 0.231. The zero-order chi connectivity index (χ0) is 13.9. The van der Waals surface area contributed by atoms with Crippen molar-refractivity contribution in [2.75, 3.05) is 5.73 Å². The second kappa shape index (κ2) is 5.76. The second-order valence-corrected chi connectivity index (χ2v) is 4.75. The predicted molar refractivity (Wildman–Crippen MR) is 72.0 cm³/mol. The Morgan fingerprint density at radius 1 is 1.44 bits per heavy atom. The average Bonchev–Trinajstić information content (AvgIpc) is 2.29. The SMILES string of the molecule is CCC(Oc1cc(C)c(N)cc1C(C)C)C(=O)O. The van der Waals surface area contributed by atoms with Gasteiger partial charge in [-0.1, -0.05) is 20.8 Å². The number of hydrogen-bond acceptors (Lipinski definition) is 3. The first-order valence-electron chi connectivity index (χ1n) is 6.16. The fourth-order valence-corrected chi connectivity index (χ4v) is 1.73. The van der Waals surface area contributed by atoms with Crippen molar-refractivity contribution in [1.82, 2.24) is 0 Å². The van der Waals surface area contributed by atoms with E-state index >= 15 is 0 Å². The molecular weight excluding hydrogens is 230 g/mol. The third-order valence-electron chi connectivity index (χ3n) is 2.94. The number of nitrogen functional groups attached to an aromatic ring is 1. The Balaban J connectivity index is 3.14. The average molecular weight is 251 g/mol. The van der Waals surface area contributed by atoms with Gasteiger partial charge in [-0.2, -0.15) is 0 Å². The Bertz CT molecular complexity index is 441. The summed E-state index contributed by atoms with van der Waals surface area (Å²) in [7, 11) is 0. The molecule has 4 nitrogen and oxygen atoms in total. The molecule has 0 aliphatic carbocycles. The lowest BCUT2D eigenvalue weighted by Crippen LogP contribution is -2.26. The highest BCUT2D eigenvalue weighted by Gasteiger charge is 2.20. The van der Waals surface area contributed by atoms with Gasteiger partial charge in [-0.15, -0.1) is 0 Å². The van der Waals surface area contributed by atoms with Crippen LogP contribution in [0.15, 0.2) is 12.1 Å². The van der Waals surface area contributed by atoms with Crippen molar-refractivity contribution in [3.05, 3.63) is 23.3 Å². The van der Waals surface area contributed by atoms with Crippen LogP contribution in [0, 0.1) is 6.92 Å². The summed E-state index contributed by atoms with van der Waals surface area (Å²) in [6, 6.07) is 3.68. The van der Waals surface area contributed by atoms with E-state index in [1.165, 1.54) is 0 Å². The maximum atomic E-state index is 11.0. The summed E-state index contributed by atoms with van der Waals surface area (Å²) in [6.07, 6.45) is -0.387.